The molecule has 2 saturated heterocycles. The molecule has 30 heavy (non-hydrogen) atoms. The third-order valence-corrected chi connectivity index (χ3v) is 7.63. The molecule has 0 N–H and O–H groups in total. The van der Waals surface area contributed by atoms with E-state index >= 15 is 0 Å². The molecule has 162 valence electrons. The number of ether oxygens (including phenoxy) is 1. The lowest BCUT2D eigenvalue weighted by Crippen LogP contribution is -2.49. The van der Waals surface area contributed by atoms with Crippen LogP contribution in [0.5, 0.6) is 5.75 Å². The van der Waals surface area contributed by atoms with Gasteiger partial charge in [0, 0.05) is 51.4 Å². The van der Waals surface area contributed by atoms with Gasteiger partial charge in [-0.2, -0.15) is 4.31 Å². The number of methoxy groups -OCH3 is 1. The normalized spacial score (nSPS) is 18.5. The van der Waals surface area contributed by atoms with Gasteiger partial charge in [0.15, 0.2) is 0 Å². The molecule has 0 bridgehead atoms. The molecule has 0 unspecified atom stereocenters. The van der Waals surface area contributed by atoms with Gasteiger partial charge in [-0.3, -0.25) is 0 Å². The number of benzene rings is 1. The highest BCUT2D eigenvalue weighted by molar-refractivity contribution is 7.89. The van der Waals surface area contributed by atoms with E-state index < -0.39 is 10.0 Å². The number of nitrogens with zero attached hydrogens (tertiary/aromatic N) is 5. The molecule has 2 aromatic rings. The quantitative estimate of drug-likeness (QED) is 0.719. The third kappa shape index (κ3) is 4.37. The Morgan fingerprint density at radius 2 is 1.50 bits per heavy atom. The fourth-order valence-electron chi connectivity index (χ4n) is 4.05. The van der Waals surface area contributed by atoms with Gasteiger partial charge in [0.1, 0.15) is 23.2 Å². The second-order valence-electron chi connectivity index (χ2n) is 7.75. The van der Waals surface area contributed by atoms with Crippen molar-refractivity contribution in [3.63, 3.8) is 0 Å². The second kappa shape index (κ2) is 8.77. The minimum atomic E-state index is -3.55. The number of rotatable bonds is 5. The van der Waals surface area contributed by atoms with Crippen LogP contribution in [0.2, 0.25) is 0 Å². The van der Waals surface area contributed by atoms with Gasteiger partial charge in [0.05, 0.1) is 12.0 Å². The smallest absolute Gasteiger partial charge is 0.243 e. The number of anilines is 2. The van der Waals surface area contributed by atoms with Crippen LogP contribution in [0, 0.1) is 6.92 Å². The zero-order valence-corrected chi connectivity index (χ0v) is 18.4. The third-order valence-electron chi connectivity index (χ3n) is 5.73. The van der Waals surface area contributed by atoms with Crippen LogP contribution in [0.4, 0.5) is 11.6 Å². The molecule has 0 amide bonds. The van der Waals surface area contributed by atoms with E-state index in [0.29, 0.717) is 31.9 Å². The summed E-state index contributed by atoms with van der Waals surface area (Å²) in [5.41, 5.74) is 0. The maximum Gasteiger partial charge on any atom is 0.243 e. The van der Waals surface area contributed by atoms with Crippen LogP contribution >= 0.6 is 0 Å². The number of hydrogen-bond acceptors (Lipinski definition) is 7. The van der Waals surface area contributed by atoms with E-state index in [4.69, 9.17) is 4.74 Å². The Balaban J connectivity index is 1.47. The molecular formula is C21H29N5O3S. The minimum absolute atomic E-state index is 0.264. The number of aromatic nitrogens is 2. The summed E-state index contributed by atoms with van der Waals surface area (Å²) in [4.78, 5) is 14.0. The average molecular weight is 432 g/mol. The number of piperidine rings is 1. The topological polar surface area (TPSA) is 78.9 Å². The van der Waals surface area contributed by atoms with Crippen molar-refractivity contribution in [3.05, 3.63) is 36.2 Å². The van der Waals surface area contributed by atoms with Gasteiger partial charge in [0.25, 0.3) is 0 Å². The molecule has 9 heteroatoms. The van der Waals surface area contributed by atoms with Gasteiger partial charge in [-0.1, -0.05) is 6.07 Å². The van der Waals surface area contributed by atoms with Crippen LogP contribution in [0.15, 0.2) is 35.2 Å². The summed E-state index contributed by atoms with van der Waals surface area (Å²) in [7, 11) is -2.01. The number of aryl methyl sites for hydroxylation is 1. The number of hydrogen-bond donors (Lipinski definition) is 0. The van der Waals surface area contributed by atoms with Gasteiger partial charge in [-0.05, 0) is 38.3 Å². The standard InChI is InChI=1S/C21H29N5O3S/c1-17-22-20(24-9-4-3-5-10-24)16-21(23-17)25-11-13-26(14-12-25)30(27,28)19-8-6-7-18(15-19)29-2/h6-8,15-16H,3-5,9-14H2,1-2H3. The highest BCUT2D eigenvalue weighted by Crippen LogP contribution is 2.25. The molecular weight excluding hydrogens is 402 g/mol. The molecule has 3 heterocycles. The molecule has 0 spiro atoms. The Labute approximate surface area is 178 Å². The van der Waals surface area contributed by atoms with E-state index in [0.717, 1.165) is 30.5 Å². The van der Waals surface area contributed by atoms with E-state index in [1.807, 2.05) is 13.0 Å². The summed E-state index contributed by atoms with van der Waals surface area (Å²) in [5.74, 6) is 3.14. The van der Waals surface area contributed by atoms with Gasteiger partial charge in [-0.25, -0.2) is 18.4 Å². The van der Waals surface area contributed by atoms with Gasteiger partial charge >= 0.3 is 0 Å². The first-order valence-electron chi connectivity index (χ1n) is 10.5. The first kappa shape index (κ1) is 20.9. The largest absolute Gasteiger partial charge is 0.497 e. The van der Waals surface area contributed by atoms with Crippen LogP contribution in [0.25, 0.3) is 0 Å². The molecule has 2 aliphatic heterocycles. The fraction of sp³-hybridized carbons (Fsp3) is 0.524. The lowest BCUT2D eigenvalue weighted by molar-refractivity contribution is 0.382. The summed E-state index contributed by atoms with van der Waals surface area (Å²) in [6.07, 6.45) is 3.66. The number of sulfonamides is 1. The van der Waals surface area contributed by atoms with Gasteiger partial charge < -0.3 is 14.5 Å². The molecule has 0 atom stereocenters. The molecule has 4 rings (SSSR count). The molecule has 0 radical (unpaired) electrons. The van der Waals surface area contributed by atoms with Crippen LogP contribution < -0.4 is 14.5 Å². The van der Waals surface area contributed by atoms with Crippen molar-refractivity contribution in [1.82, 2.24) is 14.3 Å². The Morgan fingerprint density at radius 3 is 2.13 bits per heavy atom. The molecule has 2 aliphatic rings. The predicted molar refractivity (Wildman–Crippen MR) is 117 cm³/mol. The predicted octanol–water partition coefficient (Wildman–Crippen LogP) is 2.29. The SMILES string of the molecule is COc1cccc(S(=O)(=O)N2CCN(c3cc(N4CCCCC4)nc(C)n3)CC2)c1. The summed E-state index contributed by atoms with van der Waals surface area (Å²) < 4.78 is 32.8. The van der Waals surface area contributed by atoms with Crippen molar-refractivity contribution in [2.45, 2.75) is 31.1 Å². The Morgan fingerprint density at radius 1 is 0.867 bits per heavy atom. The fourth-order valence-corrected chi connectivity index (χ4v) is 5.51. The first-order chi connectivity index (χ1) is 14.5. The monoisotopic (exact) mass is 431 g/mol. The summed E-state index contributed by atoms with van der Waals surface area (Å²) >= 11 is 0. The van der Waals surface area contributed by atoms with E-state index in [2.05, 4.69) is 19.8 Å². The van der Waals surface area contributed by atoms with Crippen molar-refractivity contribution in [1.29, 1.82) is 0 Å². The Bertz CT molecular complexity index is 984. The first-order valence-corrected chi connectivity index (χ1v) is 11.9. The van der Waals surface area contributed by atoms with Crippen LogP contribution in [0.1, 0.15) is 25.1 Å². The Hall–Kier alpha value is -2.39. The van der Waals surface area contributed by atoms with E-state index in [1.54, 1.807) is 24.3 Å². The number of piperazine rings is 1. The lowest BCUT2D eigenvalue weighted by Gasteiger charge is -2.35. The Kier molecular flexibility index (Phi) is 6.10. The van der Waals surface area contributed by atoms with Crippen molar-refractivity contribution in [3.8, 4) is 5.75 Å². The van der Waals surface area contributed by atoms with E-state index in [1.165, 1.54) is 30.7 Å². The second-order valence-corrected chi connectivity index (χ2v) is 9.69. The molecule has 8 nitrogen and oxygen atoms in total. The minimum Gasteiger partial charge on any atom is -0.497 e. The maximum atomic E-state index is 13.0. The summed E-state index contributed by atoms with van der Waals surface area (Å²) in [6.45, 7) is 6.01. The van der Waals surface area contributed by atoms with Gasteiger partial charge in [-0.15, -0.1) is 0 Å². The average Bonchev–Trinajstić information content (AvgIpc) is 2.79. The molecule has 1 aromatic carbocycles. The van der Waals surface area contributed by atoms with Crippen LogP contribution in [0.3, 0.4) is 0 Å². The molecule has 0 aliphatic carbocycles. The maximum absolute atomic E-state index is 13.0. The summed E-state index contributed by atoms with van der Waals surface area (Å²) in [6, 6.07) is 8.68. The van der Waals surface area contributed by atoms with Crippen molar-refractivity contribution in [2.24, 2.45) is 0 Å². The van der Waals surface area contributed by atoms with Crippen LogP contribution in [-0.4, -0.2) is 69.1 Å². The zero-order valence-electron chi connectivity index (χ0n) is 17.6. The highest BCUT2D eigenvalue weighted by atomic mass is 32.2. The van der Waals surface area contributed by atoms with E-state index in [-0.39, 0.29) is 4.90 Å². The van der Waals surface area contributed by atoms with Crippen LogP contribution in [-0.2, 0) is 10.0 Å². The van der Waals surface area contributed by atoms with Crippen molar-refractivity contribution >= 4 is 21.7 Å². The molecule has 0 saturated carbocycles. The highest BCUT2D eigenvalue weighted by Gasteiger charge is 2.29. The van der Waals surface area contributed by atoms with Gasteiger partial charge in [0.2, 0.25) is 10.0 Å². The lowest BCUT2D eigenvalue weighted by atomic mass is 10.1. The summed E-state index contributed by atoms with van der Waals surface area (Å²) in [5, 5.41) is 0. The van der Waals surface area contributed by atoms with Crippen molar-refractivity contribution in [2.75, 3.05) is 56.2 Å². The van der Waals surface area contributed by atoms with Crippen molar-refractivity contribution < 1.29 is 13.2 Å². The zero-order chi connectivity index (χ0) is 21.1. The van der Waals surface area contributed by atoms with E-state index in [9.17, 15) is 8.42 Å². The molecule has 1 aromatic heterocycles. The molecule has 2 fully saturated rings.